The lowest BCUT2D eigenvalue weighted by atomic mass is 10.2. The van der Waals surface area contributed by atoms with Crippen LogP contribution in [0, 0.1) is 18.2 Å². The first-order chi connectivity index (χ1) is 9.93. The SMILES string of the molecule is CCn1nc(C)c(Br)c1COc1ccc(C(=N)N)cc1F. The highest BCUT2D eigenvalue weighted by Gasteiger charge is 2.14. The molecule has 5 nitrogen and oxygen atoms in total. The van der Waals surface area contributed by atoms with Crippen LogP contribution in [-0.4, -0.2) is 15.6 Å². The maximum atomic E-state index is 13.9. The highest BCUT2D eigenvalue weighted by Crippen LogP contribution is 2.24. The van der Waals surface area contributed by atoms with Gasteiger partial charge in [0.1, 0.15) is 12.4 Å². The summed E-state index contributed by atoms with van der Waals surface area (Å²) in [5.41, 5.74) is 7.36. The molecule has 0 fully saturated rings. The number of halogens is 2. The summed E-state index contributed by atoms with van der Waals surface area (Å²) in [4.78, 5) is 0. The van der Waals surface area contributed by atoms with Gasteiger partial charge in [-0.15, -0.1) is 0 Å². The summed E-state index contributed by atoms with van der Waals surface area (Å²) in [5, 5.41) is 11.6. The molecular formula is C14H16BrFN4O. The number of hydrogen-bond acceptors (Lipinski definition) is 3. The Kier molecular flexibility index (Phi) is 4.62. The topological polar surface area (TPSA) is 76.9 Å². The monoisotopic (exact) mass is 354 g/mol. The van der Waals surface area contributed by atoms with Crippen LogP contribution in [0.2, 0.25) is 0 Å². The molecule has 2 rings (SSSR count). The van der Waals surface area contributed by atoms with E-state index in [9.17, 15) is 4.39 Å². The van der Waals surface area contributed by atoms with Gasteiger partial charge in [-0.1, -0.05) is 0 Å². The van der Waals surface area contributed by atoms with Crippen LogP contribution in [0.25, 0.3) is 0 Å². The fourth-order valence-electron chi connectivity index (χ4n) is 1.94. The van der Waals surface area contributed by atoms with Crippen molar-refractivity contribution in [1.82, 2.24) is 9.78 Å². The molecule has 0 aliphatic heterocycles. The summed E-state index contributed by atoms with van der Waals surface area (Å²) in [7, 11) is 0. The highest BCUT2D eigenvalue weighted by molar-refractivity contribution is 9.10. The summed E-state index contributed by atoms with van der Waals surface area (Å²) in [6, 6.07) is 4.22. The minimum Gasteiger partial charge on any atom is -0.484 e. The van der Waals surface area contributed by atoms with Crippen molar-refractivity contribution in [1.29, 1.82) is 5.41 Å². The standard InChI is InChI=1S/C14H16BrFN4O/c1-3-20-11(13(15)8(2)19-20)7-21-12-5-4-9(14(17)18)6-10(12)16/h4-6H,3,7H2,1-2H3,(H3,17,18). The lowest BCUT2D eigenvalue weighted by Crippen LogP contribution is -2.11. The Morgan fingerprint density at radius 3 is 2.81 bits per heavy atom. The van der Waals surface area contributed by atoms with E-state index in [1.165, 1.54) is 12.1 Å². The van der Waals surface area contributed by atoms with Crippen molar-refractivity contribution in [3.63, 3.8) is 0 Å². The molecule has 0 bridgehead atoms. The Bertz CT molecular complexity index is 684. The zero-order chi connectivity index (χ0) is 15.6. The predicted octanol–water partition coefficient (Wildman–Crippen LogP) is 2.98. The largest absolute Gasteiger partial charge is 0.484 e. The number of hydrogen-bond donors (Lipinski definition) is 2. The first kappa shape index (κ1) is 15.5. The lowest BCUT2D eigenvalue weighted by Gasteiger charge is -2.10. The fraction of sp³-hybridized carbons (Fsp3) is 0.286. The molecule has 7 heteroatoms. The predicted molar refractivity (Wildman–Crippen MR) is 82.1 cm³/mol. The number of ether oxygens (including phenoxy) is 1. The Balaban J connectivity index is 2.19. The Labute approximate surface area is 130 Å². The molecule has 0 atom stereocenters. The molecule has 3 N–H and O–H groups in total. The number of aryl methyl sites for hydroxylation is 2. The van der Waals surface area contributed by atoms with Crippen molar-refractivity contribution < 1.29 is 9.13 Å². The van der Waals surface area contributed by atoms with Crippen LogP contribution in [0.4, 0.5) is 4.39 Å². The van der Waals surface area contributed by atoms with Gasteiger partial charge in [-0.05, 0) is 48.0 Å². The van der Waals surface area contributed by atoms with Crippen LogP contribution in [0.15, 0.2) is 22.7 Å². The second-order valence-corrected chi connectivity index (χ2v) is 5.30. The Morgan fingerprint density at radius 2 is 2.24 bits per heavy atom. The molecular weight excluding hydrogens is 339 g/mol. The van der Waals surface area contributed by atoms with Crippen LogP contribution in [0.1, 0.15) is 23.9 Å². The average molecular weight is 355 g/mol. The van der Waals surface area contributed by atoms with Gasteiger partial charge in [-0.25, -0.2) is 4.39 Å². The molecule has 0 saturated carbocycles. The molecule has 0 aliphatic rings. The first-order valence-electron chi connectivity index (χ1n) is 6.42. The van der Waals surface area contributed by atoms with E-state index in [1.807, 2.05) is 13.8 Å². The zero-order valence-electron chi connectivity index (χ0n) is 11.8. The van der Waals surface area contributed by atoms with Gasteiger partial charge in [0.2, 0.25) is 0 Å². The molecule has 0 aliphatic carbocycles. The molecule has 0 spiro atoms. The van der Waals surface area contributed by atoms with Gasteiger partial charge in [0.15, 0.2) is 11.6 Å². The van der Waals surface area contributed by atoms with Crippen molar-refractivity contribution in [3.05, 3.63) is 45.4 Å². The quantitative estimate of drug-likeness (QED) is 0.640. The highest BCUT2D eigenvalue weighted by atomic mass is 79.9. The number of rotatable bonds is 5. The first-order valence-corrected chi connectivity index (χ1v) is 7.21. The minimum atomic E-state index is -0.543. The van der Waals surface area contributed by atoms with Gasteiger partial charge in [0.05, 0.1) is 15.9 Å². The van der Waals surface area contributed by atoms with Gasteiger partial charge in [0.25, 0.3) is 0 Å². The van der Waals surface area contributed by atoms with Gasteiger partial charge in [0, 0.05) is 12.1 Å². The molecule has 0 saturated heterocycles. The molecule has 21 heavy (non-hydrogen) atoms. The van der Waals surface area contributed by atoms with Crippen LogP contribution in [0.5, 0.6) is 5.75 Å². The van der Waals surface area contributed by atoms with E-state index < -0.39 is 5.82 Å². The molecule has 0 radical (unpaired) electrons. The minimum absolute atomic E-state index is 0.119. The summed E-state index contributed by atoms with van der Waals surface area (Å²) < 4.78 is 22.1. The number of nitrogens with two attached hydrogens (primary N) is 1. The van der Waals surface area contributed by atoms with Crippen molar-refractivity contribution in [2.24, 2.45) is 5.73 Å². The molecule has 0 amide bonds. The molecule has 0 unspecified atom stereocenters. The summed E-state index contributed by atoms with van der Waals surface area (Å²) in [6.07, 6.45) is 0. The van der Waals surface area contributed by atoms with Gasteiger partial charge >= 0.3 is 0 Å². The molecule has 1 heterocycles. The van der Waals surface area contributed by atoms with Crippen LogP contribution < -0.4 is 10.5 Å². The molecule has 2 aromatic rings. The number of benzene rings is 1. The number of nitrogen functional groups attached to an aromatic ring is 1. The van der Waals surface area contributed by atoms with Gasteiger partial charge in [-0.3, -0.25) is 10.1 Å². The third kappa shape index (κ3) is 3.24. The van der Waals surface area contributed by atoms with E-state index >= 15 is 0 Å². The van der Waals surface area contributed by atoms with E-state index in [0.717, 1.165) is 15.9 Å². The molecule has 1 aromatic carbocycles. The van der Waals surface area contributed by atoms with E-state index in [4.69, 9.17) is 15.9 Å². The maximum absolute atomic E-state index is 13.9. The average Bonchev–Trinajstić information content (AvgIpc) is 2.72. The fourth-order valence-corrected chi connectivity index (χ4v) is 2.34. The van der Waals surface area contributed by atoms with Crippen molar-refractivity contribution >= 4 is 21.8 Å². The van der Waals surface area contributed by atoms with Crippen LogP contribution >= 0.6 is 15.9 Å². The van der Waals surface area contributed by atoms with Crippen molar-refractivity contribution in [2.75, 3.05) is 0 Å². The smallest absolute Gasteiger partial charge is 0.165 e. The van der Waals surface area contributed by atoms with Crippen molar-refractivity contribution in [2.45, 2.75) is 27.0 Å². The Hall–Kier alpha value is -1.89. The van der Waals surface area contributed by atoms with E-state index in [1.54, 1.807) is 10.7 Å². The molecule has 112 valence electrons. The number of nitrogens with zero attached hydrogens (tertiary/aromatic N) is 2. The number of amidine groups is 1. The maximum Gasteiger partial charge on any atom is 0.165 e. The van der Waals surface area contributed by atoms with E-state index in [0.29, 0.717) is 12.1 Å². The van der Waals surface area contributed by atoms with E-state index in [-0.39, 0.29) is 18.2 Å². The summed E-state index contributed by atoms with van der Waals surface area (Å²) in [5.74, 6) is -0.602. The number of nitrogens with one attached hydrogen (secondary N) is 1. The molecule has 1 aromatic heterocycles. The summed E-state index contributed by atoms with van der Waals surface area (Å²) in [6.45, 7) is 4.77. The van der Waals surface area contributed by atoms with Crippen LogP contribution in [-0.2, 0) is 13.2 Å². The second kappa shape index (κ2) is 6.26. The Morgan fingerprint density at radius 1 is 1.52 bits per heavy atom. The third-order valence-corrected chi connectivity index (χ3v) is 4.09. The zero-order valence-corrected chi connectivity index (χ0v) is 13.4. The second-order valence-electron chi connectivity index (χ2n) is 4.51. The normalized spacial score (nSPS) is 10.7. The lowest BCUT2D eigenvalue weighted by molar-refractivity contribution is 0.277. The van der Waals surface area contributed by atoms with E-state index in [2.05, 4.69) is 21.0 Å². The van der Waals surface area contributed by atoms with Gasteiger partial charge < -0.3 is 10.5 Å². The van der Waals surface area contributed by atoms with Crippen molar-refractivity contribution in [3.8, 4) is 5.75 Å². The van der Waals surface area contributed by atoms with Gasteiger partial charge in [-0.2, -0.15) is 5.10 Å². The summed E-state index contributed by atoms with van der Waals surface area (Å²) >= 11 is 3.46. The number of aromatic nitrogens is 2. The third-order valence-electron chi connectivity index (χ3n) is 3.06. The van der Waals surface area contributed by atoms with Crippen LogP contribution in [0.3, 0.4) is 0 Å².